The number of nitrogens with one attached hydrogen (secondary N) is 1. The zero-order valence-electron chi connectivity index (χ0n) is 8.53. The highest BCUT2D eigenvalue weighted by molar-refractivity contribution is 6.03. The number of aromatic nitrogens is 2. The highest BCUT2D eigenvalue weighted by atomic mass is 16.2. The summed E-state index contributed by atoms with van der Waals surface area (Å²) < 4.78 is 0. The molecule has 1 N–H and O–H groups in total. The number of hydrogen-bond donors (Lipinski definition) is 1. The molecule has 1 unspecified atom stereocenters. The summed E-state index contributed by atoms with van der Waals surface area (Å²) >= 11 is 0. The molecule has 2 aliphatic rings. The van der Waals surface area contributed by atoms with Gasteiger partial charge in [0.25, 0.3) is 0 Å². The Kier molecular flexibility index (Phi) is 1.68. The van der Waals surface area contributed by atoms with Gasteiger partial charge in [-0.05, 0) is 19.8 Å². The van der Waals surface area contributed by atoms with Crippen LogP contribution in [0.1, 0.15) is 18.5 Å². The Hall–Kier alpha value is -1.65. The first-order valence-electron chi connectivity index (χ1n) is 5.16. The molecule has 3 rings (SSSR count). The maximum Gasteiger partial charge on any atom is 0.247 e. The fraction of sp³-hybridized carbons (Fsp3) is 0.500. The van der Waals surface area contributed by atoms with Crippen LogP contribution in [0.2, 0.25) is 0 Å². The Labute approximate surface area is 87.5 Å². The largest absolute Gasteiger partial charge is 0.343 e. The van der Waals surface area contributed by atoms with Gasteiger partial charge >= 0.3 is 0 Å². The molecule has 5 nitrogen and oxygen atoms in total. The minimum atomic E-state index is -0.0215. The van der Waals surface area contributed by atoms with Gasteiger partial charge in [-0.3, -0.25) is 4.79 Å². The van der Waals surface area contributed by atoms with Crippen molar-refractivity contribution in [2.24, 2.45) is 0 Å². The van der Waals surface area contributed by atoms with Gasteiger partial charge < -0.3 is 10.2 Å². The molecule has 1 amide bonds. The van der Waals surface area contributed by atoms with Crippen LogP contribution < -0.4 is 10.2 Å². The molecule has 0 radical (unpaired) electrons. The SMILES string of the molecule is Cc1ncnc2c1NC(=O)C1CCCN21. The molecule has 0 saturated carbocycles. The first-order chi connectivity index (χ1) is 7.27. The van der Waals surface area contributed by atoms with E-state index in [0.717, 1.165) is 36.6 Å². The summed E-state index contributed by atoms with van der Waals surface area (Å²) in [6.45, 7) is 2.80. The average molecular weight is 204 g/mol. The maximum atomic E-state index is 11.8. The van der Waals surface area contributed by atoms with Gasteiger partial charge in [-0.1, -0.05) is 0 Å². The van der Waals surface area contributed by atoms with Crippen LogP contribution >= 0.6 is 0 Å². The van der Waals surface area contributed by atoms with Crippen LogP contribution in [0.5, 0.6) is 0 Å². The van der Waals surface area contributed by atoms with E-state index in [0.29, 0.717) is 0 Å². The van der Waals surface area contributed by atoms with Gasteiger partial charge in [0.1, 0.15) is 18.1 Å². The molecule has 1 aromatic heterocycles. The third kappa shape index (κ3) is 1.12. The number of fused-ring (bicyclic) bond motifs is 3. The van der Waals surface area contributed by atoms with Crippen LogP contribution in [-0.2, 0) is 4.79 Å². The van der Waals surface area contributed by atoms with Gasteiger partial charge in [0.15, 0.2) is 5.82 Å². The maximum absolute atomic E-state index is 11.8. The van der Waals surface area contributed by atoms with Crippen LogP contribution in [0, 0.1) is 6.92 Å². The van der Waals surface area contributed by atoms with Crippen LogP contribution in [0.25, 0.3) is 0 Å². The van der Waals surface area contributed by atoms with Gasteiger partial charge in [0.05, 0.1) is 5.69 Å². The third-order valence-corrected chi connectivity index (χ3v) is 3.09. The summed E-state index contributed by atoms with van der Waals surface area (Å²) in [5.41, 5.74) is 1.61. The Balaban J connectivity index is 2.15. The van der Waals surface area contributed by atoms with Crippen molar-refractivity contribution in [1.29, 1.82) is 0 Å². The smallest absolute Gasteiger partial charge is 0.247 e. The summed E-state index contributed by atoms with van der Waals surface area (Å²) in [5.74, 6) is 0.961. The van der Waals surface area contributed by atoms with Crippen molar-refractivity contribution in [3.05, 3.63) is 12.0 Å². The second kappa shape index (κ2) is 2.92. The first-order valence-corrected chi connectivity index (χ1v) is 5.16. The minimum Gasteiger partial charge on any atom is -0.343 e. The van der Waals surface area contributed by atoms with E-state index < -0.39 is 0 Å². The monoisotopic (exact) mass is 204 g/mol. The molecule has 0 aromatic carbocycles. The molecule has 3 heterocycles. The quantitative estimate of drug-likeness (QED) is 0.676. The Bertz CT molecular complexity index is 431. The normalized spacial score (nSPS) is 23.4. The van der Waals surface area contributed by atoms with Crippen molar-refractivity contribution in [3.8, 4) is 0 Å². The van der Waals surface area contributed by atoms with E-state index in [9.17, 15) is 4.79 Å². The van der Waals surface area contributed by atoms with Gasteiger partial charge in [-0.25, -0.2) is 9.97 Å². The summed E-state index contributed by atoms with van der Waals surface area (Å²) in [7, 11) is 0. The lowest BCUT2D eigenvalue weighted by Crippen LogP contribution is -2.44. The van der Waals surface area contributed by atoms with Crippen LogP contribution in [0.4, 0.5) is 11.5 Å². The lowest BCUT2D eigenvalue weighted by molar-refractivity contribution is -0.117. The molecule has 78 valence electrons. The second-order valence-electron chi connectivity index (χ2n) is 4.00. The predicted molar refractivity (Wildman–Crippen MR) is 55.8 cm³/mol. The number of nitrogens with zero attached hydrogens (tertiary/aromatic N) is 3. The minimum absolute atomic E-state index is 0.0215. The molecule has 2 aliphatic heterocycles. The molecule has 15 heavy (non-hydrogen) atoms. The molecule has 1 fully saturated rings. The second-order valence-corrected chi connectivity index (χ2v) is 4.00. The molecule has 1 aromatic rings. The Morgan fingerprint density at radius 2 is 2.40 bits per heavy atom. The first kappa shape index (κ1) is 8.64. The van der Waals surface area contributed by atoms with E-state index in [1.54, 1.807) is 6.33 Å². The molecular weight excluding hydrogens is 192 g/mol. The lowest BCUT2D eigenvalue weighted by atomic mass is 10.1. The summed E-state index contributed by atoms with van der Waals surface area (Å²) in [5, 5.41) is 2.89. The molecule has 5 heteroatoms. The highest BCUT2D eigenvalue weighted by Gasteiger charge is 2.37. The van der Waals surface area contributed by atoms with Gasteiger partial charge in [0, 0.05) is 6.54 Å². The van der Waals surface area contributed by atoms with Crippen LogP contribution in [-0.4, -0.2) is 28.5 Å². The zero-order valence-corrected chi connectivity index (χ0v) is 8.53. The number of carbonyl (C=O) groups is 1. The number of aryl methyl sites for hydroxylation is 1. The summed E-state index contributed by atoms with van der Waals surface area (Å²) in [6.07, 6.45) is 3.54. The molecule has 1 atom stereocenters. The summed E-state index contributed by atoms with van der Waals surface area (Å²) in [4.78, 5) is 22.2. The molecule has 1 saturated heterocycles. The zero-order chi connectivity index (χ0) is 10.4. The van der Waals surface area contributed by atoms with Crippen LogP contribution in [0.15, 0.2) is 6.33 Å². The Morgan fingerprint density at radius 1 is 1.53 bits per heavy atom. The van der Waals surface area contributed by atoms with E-state index in [2.05, 4.69) is 20.2 Å². The van der Waals surface area contributed by atoms with Crippen molar-refractivity contribution in [2.45, 2.75) is 25.8 Å². The average Bonchev–Trinajstić information content (AvgIpc) is 2.69. The fourth-order valence-electron chi connectivity index (χ4n) is 2.32. The topological polar surface area (TPSA) is 58.1 Å². The van der Waals surface area contributed by atoms with Crippen molar-refractivity contribution in [2.75, 3.05) is 16.8 Å². The number of rotatable bonds is 0. The van der Waals surface area contributed by atoms with E-state index in [4.69, 9.17) is 0 Å². The number of amides is 1. The molecule has 0 bridgehead atoms. The van der Waals surface area contributed by atoms with Crippen molar-refractivity contribution in [1.82, 2.24) is 9.97 Å². The number of hydrogen-bond acceptors (Lipinski definition) is 4. The van der Waals surface area contributed by atoms with Gasteiger partial charge in [0.2, 0.25) is 5.91 Å². The number of anilines is 2. The van der Waals surface area contributed by atoms with Gasteiger partial charge in [-0.2, -0.15) is 0 Å². The van der Waals surface area contributed by atoms with E-state index in [1.807, 2.05) is 6.92 Å². The molecule has 0 spiro atoms. The van der Waals surface area contributed by atoms with E-state index >= 15 is 0 Å². The van der Waals surface area contributed by atoms with Crippen molar-refractivity contribution < 1.29 is 4.79 Å². The van der Waals surface area contributed by atoms with Crippen molar-refractivity contribution >= 4 is 17.4 Å². The molecular formula is C10H12N4O. The lowest BCUT2D eigenvalue weighted by Gasteiger charge is -2.31. The number of carbonyl (C=O) groups excluding carboxylic acids is 1. The fourth-order valence-corrected chi connectivity index (χ4v) is 2.32. The van der Waals surface area contributed by atoms with Gasteiger partial charge in [-0.15, -0.1) is 0 Å². The summed E-state index contributed by atoms with van der Waals surface area (Å²) in [6, 6.07) is -0.0215. The standard InChI is InChI=1S/C10H12N4O/c1-6-8-9(12-5-11-6)14-4-2-3-7(14)10(15)13-8/h5,7H,2-4H2,1H3,(H,13,15). The predicted octanol–water partition coefficient (Wildman–Crippen LogP) is 0.706. The van der Waals surface area contributed by atoms with Crippen LogP contribution in [0.3, 0.4) is 0 Å². The van der Waals surface area contributed by atoms with E-state index in [1.165, 1.54) is 0 Å². The van der Waals surface area contributed by atoms with E-state index in [-0.39, 0.29) is 11.9 Å². The molecule has 0 aliphatic carbocycles. The van der Waals surface area contributed by atoms with Crippen molar-refractivity contribution in [3.63, 3.8) is 0 Å². The highest BCUT2D eigenvalue weighted by Crippen LogP contribution is 2.35. The third-order valence-electron chi connectivity index (χ3n) is 3.09. The Morgan fingerprint density at radius 3 is 3.27 bits per heavy atom.